The molecule has 0 atom stereocenters. The highest BCUT2D eigenvalue weighted by Gasteiger charge is 2.25. The highest BCUT2D eigenvalue weighted by molar-refractivity contribution is 8.18. The standard InChI is InChI=1S/C19H24N2O3S/c1-20-7-9-21(10-8-20)6-3-11-24-16-5-2-4-15(12-16)13-18-17(22)14-19(23)25-18/h2,4-5,12-13H,3,6-11,14H2,1H3/b18-13-. The second kappa shape index (κ2) is 8.65. The van der Waals surface area contributed by atoms with Crippen LogP contribution in [-0.2, 0) is 9.59 Å². The molecule has 0 unspecified atom stereocenters. The van der Waals surface area contributed by atoms with E-state index in [1.807, 2.05) is 24.3 Å². The topological polar surface area (TPSA) is 49.9 Å². The first-order valence-electron chi connectivity index (χ1n) is 8.69. The third-order valence-electron chi connectivity index (χ3n) is 4.44. The van der Waals surface area contributed by atoms with E-state index < -0.39 is 0 Å². The van der Waals surface area contributed by atoms with Gasteiger partial charge in [-0.2, -0.15) is 0 Å². The number of carbonyl (C=O) groups excluding carboxylic acids is 2. The molecule has 0 N–H and O–H groups in total. The number of allylic oxidation sites excluding steroid dienone is 1. The summed E-state index contributed by atoms with van der Waals surface area (Å²) in [6.45, 7) is 6.27. The van der Waals surface area contributed by atoms with Crippen LogP contribution in [0.1, 0.15) is 18.4 Å². The van der Waals surface area contributed by atoms with E-state index >= 15 is 0 Å². The third-order valence-corrected chi connectivity index (χ3v) is 5.38. The van der Waals surface area contributed by atoms with Crippen LogP contribution in [0.4, 0.5) is 0 Å². The first-order valence-corrected chi connectivity index (χ1v) is 9.51. The van der Waals surface area contributed by atoms with Crippen molar-refractivity contribution in [2.45, 2.75) is 12.8 Å². The lowest BCUT2D eigenvalue weighted by molar-refractivity contribution is -0.119. The van der Waals surface area contributed by atoms with Crippen LogP contribution < -0.4 is 4.74 Å². The van der Waals surface area contributed by atoms with Crippen LogP contribution in [0.3, 0.4) is 0 Å². The van der Waals surface area contributed by atoms with Gasteiger partial charge in [-0.25, -0.2) is 0 Å². The van der Waals surface area contributed by atoms with Crippen LogP contribution in [0.2, 0.25) is 0 Å². The molecule has 2 fully saturated rings. The predicted molar refractivity (Wildman–Crippen MR) is 101 cm³/mol. The van der Waals surface area contributed by atoms with Gasteiger partial charge in [0.05, 0.1) is 17.9 Å². The van der Waals surface area contributed by atoms with E-state index in [2.05, 4.69) is 16.8 Å². The Balaban J connectivity index is 1.46. The quantitative estimate of drug-likeness (QED) is 0.441. The highest BCUT2D eigenvalue weighted by Crippen LogP contribution is 2.31. The molecule has 0 aromatic heterocycles. The summed E-state index contributed by atoms with van der Waals surface area (Å²) in [5.41, 5.74) is 0.891. The minimum Gasteiger partial charge on any atom is -0.494 e. The van der Waals surface area contributed by atoms with Crippen molar-refractivity contribution in [3.8, 4) is 5.75 Å². The molecule has 5 nitrogen and oxygen atoms in total. The minimum atomic E-state index is -0.0894. The van der Waals surface area contributed by atoms with Crippen molar-refractivity contribution < 1.29 is 14.3 Å². The number of hydrogen-bond donors (Lipinski definition) is 0. The summed E-state index contributed by atoms with van der Waals surface area (Å²) >= 11 is 1.03. The highest BCUT2D eigenvalue weighted by atomic mass is 32.2. The van der Waals surface area contributed by atoms with Gasteiger partial charge in [0.2, 0.25) is 5.12 Å². The van der Waals surface area contributed by atoms with Crippen molar-refractivity contribution in [1.29, 1.82) is 0 Å². The Kier molecular flexibility index (Phi) is 6.29. The van der Waals surface area contributed by atoms with Crippen molar-refractivity contribution >= 4 is 28.7 Å². The van der Waals surface area contributed by atoms with Crippen LogP contribution >= 0.6 is 11.8 Å². The van der Waals surface area contributed by atoms with E-state index in [1.54, 1.807) is 6.08 Å². The normalized spacial score (nSPS) is 21.2. The number of piperazine rings is 1. The molecule has 0 bridgehead atoms. The van der Waals surface area contributed by atoms with Crippen LogP contribution in [0.5, 0.6) is 5.75 Å². The Morgan fingerprint density at radius 2 is 2.00 bits per heavy atom. The van der Waals surface area contributed by atoms with Gasteiger partial charge < -0.3 is 14.5 Å². The lowest BCUT2D eigenvalue weighted by atomic mass is 10.1. The third kappa shape index (κ3) is 5.42. The number of ketones is 1. The maximum atomic E-state index is 11.7. The van der Waals surface area contributed by atoms with Crippen LogP contribution in [0.15, 0.2) is 29.2 Å². The van der Waals surface area contributed by atoms with Crippen molar-refractivity contribution in [2.75, 3.05) is 46.4 Å². The van der Waals surface area contributed by atoms with E-state index in [9.17, 15) is 9.59 Å². The van der Waals surface area contributed by atoms with Crippen molar-refractivity contribution in [3.05, 3.63) is 34.7 Å². The second-order valence-electron chi connectivity index (χ2n) is 6.50. The van der Waals surface area contributed by atoms with Crippen molar-refractivity contribution in [1.82, 2.24) is 9.80 Å². The molecule has 134 valence electrons. The number of hydrogen-bond acceptors (Lipinski definition) is 6. The summed E-state index contributed by atoms with van der Waals surface area (Å²) in [6.07, 6.45) is 2.78. The van der Waals surface area contributed by atoms with E-state index in [1.165, 1.54) is 0 Å². The number of rotatable bonds is 6. The minimum absolute atomic E-state index is 0.0129. The molecule has 1 aromatic carbocycles. The molecule has 0 aliphatic carbocycles. The summed E-state index contributed by atoms with van der Waals surface area (Å²) in [5, 5.41) is -0.0763. The molecule has 2 heterocycles. The van der Waals surface area contributed by atoms with Gasteiger partial charge in [0, 0.05) is 32.7 Å². The summed E-state index contributed by atoms with van der Waals surface area (Å²) in [4.78, 5) is 28.4. The fourth-order valence-corrected chi connectivity index (χ4v) is 3.77. The van der Waals surface area contributed by atoms with E-state index in [0.29, 0.717) is 11.5 Å². The van der Waals surface area contributed by atoms with Crippen molar-refractivity contribution in [3.63, 3.8) is 0 Å². The Morgan fingerprint density at radius 3 is 2.72 bits per heavy atom. The monoisotopic (exact) mass is 360 g/mol. The molecule has 0 amide bonds. The Morgan fingerprint density at radius 1 is 1.20 bits per heavy atom. The van der Waals surface area contributed by atoms with Crippen LogP contribution in [-0.4, -0.2) is 67.1 Å². The molecule has 0 spiro atoms. The summed E-state index contributed by atoms with van der Waals surface area (Å²) < 4.78 is 5.85. The predicted octanol–water partition coefficient (Wildman–Crippen LogP) is 2.28. The van der Waals surface area contributed by atoms with Gasteiger partial charge in [0.1, 0.15) is 5.75 Å². The van der Waals surface area contributed by atoms with Crippen molar-refractivity contribution in [2.24, 2.45) is 0 Å². The van der Waals surface area contributed by atoms with E-state index in [4.69, 9.17) is 4.74 Å². The molecule has 2 aliphatic rings. The molecular formula is C19H24N2O3S. The number of thioether (sulfide) groups is 1. The van der Waals surface area contributed by atoms with E-state index in [-0.39, 0.29) is 17.3 Å². The number of Topliss-reactive ketones (excluding diaryl/α,β-unsaturated/α-hetero) is 1. The molecule has 0 saturated carbocycles. The molecule has 25 heavy (non-hydrogen) atoms. The lowest BCUT2D eigenvalue weighted by Crippen LogP contribution is -2.44. The summed E-state index contributed by atoms with van der Waals surface area (Å²) in [7, 11) is 2.16. The molecule has 3 rings (SSSR count). The number of carbonyl (C=O) groups is 2. The second-order valence-corrected chi connectivity index (χ2v) is 7.60. The number of benzene rings is 1. The van der Waals surface area contributed by atoms with Gasteiger partial charge in [-0.3, -0.25) is 9.59 Å². The van der Waals surface area contributed by atoms with Crippen LogP contribution in [0.25, 0.3) is 6.08 Å². The van der Waals surface area contributed by atoms with Crippen LogP contribution in [0, 0.1) is 0 Å². The van der Waals surface area contributed by atoms with Gasteiger partial charge in [-0.05, 0) is 49.0 Å². The molecule has 2 aliphatic heterocycles. The maximum Gasteiger partial charge on any atom is 0.201 e. The molecule has 2 saturated heterocycles. The zero-order valence-corrected chi connectivity index (χ0v) is 15.4. The average Bonchev–Trinajstić information content (AvgIpc) is 2.91. The Bertz CT molecular complexity index is 666. The van der Waals surface area contributed by atoms with Gasteiger partial charge in [-0.1, -0.05) is 12.1 Å². The van der Waals surface area contributed by atoms with Gasteiger partial charge in [-0.15, -0.1) is 0 Å². The summed E-state index contributed by atoms with van der Waals surface area (Å²) in [5.74, 6) is 0.711. The fraction of sp³-hybridized carbons (Fsp3) is 0.474. The molecule has 0 radical (unpaired) electrons. The molecule has 6 heteroatoms. The Labute approximate surface area is 153 Å². The molecular weight excluding hydrogens is 336 g/mol. The zero-order valence-electron chi connectivity index (χ0n) is 14.6. The fourth-order valence-electron chi connectivity index (χ4n) is 2.94. The first kappa shape index (κ1) is 18.2. The average molecular weight is 360 g/mol. The maximum absolute atomic E-state index is 11.7. The zero-order chi connectivity index (χ0) is 17.6. The van der Waals surface area contributed by atoms with E-state index in [0.717, 1.165) is 62.2 Å². The Hall–Kier alpha value is -1.63. The largest absolute Gasteiger partial charge is 0.494 e. The van der Waals surface area contributed by atoms with Gasteiger partial charge >= 0.3 is 0 Å². The van der Waals surface area contributed by atoms with Gasteiger partial charge in [0.25, 0.3) is 0 Å². The SMILES string of the molecule is CN1CCN(CCCOc2cccc(/C=C3\SC(=O)CC3=O)c2)CC1. The molecule has 1 aromatic rings. The lowest BCUT2D eigenvalue weighted by Gasteiger charge is -2.32. The smallest absolute Gasteiger partial charge is 0.201 e. The number of nitrogens with zero attached hydrogens (tertiary/aromatic N) is 2. The summed E-state index contributed by atoms with van der Waals surface area (Å²) in [6, 6.07) is 7.67. The number of ether oxygens (including phenoxy) is 1. The number of likely N-dealkylation sites (N-methyl/N-ethyl adjacent to an activating group) is 1. The van der Waals surface area contributed by atoms with Gasteiger partial charge in [0.15, 0.2) is 5.78 Å². The first-order chi connectivity index (χ1) is 12.1.